The highest BCUT2D eigenvalue weighted by Crippen LogP contribution is 2.31. The fourth-order valence-corrected chi connectivity index (χ4v) is 3.83. The number of nitrogens with one attached hydrogen (secondary N) is 1. The fraction of sp³-hybridized carbons (Fsp3) is 0.222. The number of carbonyl (C=O) groups excluding carboxylic acids is 1. The minimum Gasteiger partial charge on any atom is -0.484 e. The Balaban J connectivity index is 1.50. The number of ether oxygens (including phenoxy) is 1. The summed E-state index contributed by atoms with van der Waals surface area (Å²) in [6.45, 7) is 1.90. The molecule has 0 bridgehead atoms. The number of benzene rings is 1. The van der Waals surface area contributed by atoms with Crippen molar-refractivity contribution in [2.75, 3.05) is 6.61 Å². The van der Waals surface area contributed by atoms with Crippen molar-refractivity contribution >= 4 is 28.6 Å². The van der Waals surface area contributed by atoms with E-state index in [9.17, 15) is 18.0 Å². The molecule has 142 valence electrons. The molecule has 2 heterocycles. The molecule has 4 nitrogen and oxygen atoms in total. The first kappa shape index (κ1) is 19.4. The lowest BCUT2D eigenvalue weighted by Crippen LogP contribution is -2.28. The van der Waals surface area contributed by atoms with Gasteiger partial charge in [-0.2, -0.15) is 13.2 Å². The molecule has 1 N–H and O–H groups in total. The van der Waals surface area contributed by atoms with E-state index in [0.29, 0.717) is 6.54 Å². The quantitative estimate of drug-likeness (QED) is 0.627. The van der Waals surface area contributed by atoms with Crippen LogP contribution in [-0.4, -0.2) is 17.5 Å². The second-order valence-electron chi connectivity index (χ2n) is 5.61. The van der Waals surface area contributed by atoms with E-state index in [-0.39, 0.29) is 12.4 Å². The molecule has 1 aromatic carbocycles. The van der Waals surface area contributed by atoms with Gasteiger partial charge >= 0.3 is 6.18 Å². The van der Waals surface area contributed by atoms with E-state index in [1.54, 1.807) is 11.3 Å². The molecule has 0 atom stereocenters. The molecule has 1 amide bonds. The summed E-state index contributed by atoms with van der Waals surface area (Å²) in [5.74, 6) is -0.413. The average Bonchev–Trinajstić information content (AvgIpc) is 3.26. The summed E-state index contributed by atoms with van der Waals surface area (Å²) in [6.07, 6.45) is -4.45. The standard InChI is InChI=1S/C18H15F3N2O2S2/c1-11-23-15(10-26-11)16-6-5-14(27-16)8-22-17(24)9-25-13-4-2-3-12(7-13)18(19,20)21/h2-7,10H,8-9H2,1H3,(H,22,24). The monoisotopic (exact) mass is 412 g/mol. The molecular weight excluding hydrogens is 397 g/mol. The molecule has 0 spiro atoms. The molecule has 9 heteroatoms. The van der Waals surface area contributed by atoms with Gasteiger partial charge in [0.2, 0.25) is 0 Å². The summed E-state index contributed by atoms with van der Waals surface area (Å²) in [5, 5.41) is 5.66. The number of nitrogens with zero attached hydrogens (tertiary/aromatic N) is 1. The van der Waals surface area contributed by atoms with Gasteiger partial charge in [0.25, 0.3) is 5.91 Å². The number of aryl methyl sites for hydroxylation is 1. The number of alkyl halides is 3. The normalized spacial score (nSPS) is 11.4. The molecule has 0 aliphatic carbocycles. The third-order valence-corrected chi connectivity index (χ3v) is 5.41. The van der Waals surface area contributed by atoms with Crippen LogP contribution in [0.2, 0.25) is 0 Å². The van der Waals surface area contributed by atoms with E-state index in [2.05, 4.69) is 10.3 Å². The van der Waals surface area contributed by atoms with Crippen molar-refractivity contribution in [1.82, 2.24) is 10.3 Å². The zero-order chi connectivity index (χ0) is 19.4. The van der Waals surface area contributed by atoms with E-state index < -0.39 is 17.6 Å². The van der Waals surface area contributed by atoms with Crippen LogP contribution in [0.3, 0.4) is 0 Å². The predicted octanol–water partition coefficient (Wildman–Crippen LogP) is 4.89. The van der Waals surface area contributed by atoms with Gasteiger partial charge in [-0.05, 0) is 37.3 Å². The SMILES string of the molecule is Cc1nc(-c2ccc(CNC(=O)COc3cccc(C(F)(F)F)c3)s2)cs1. The Kier molecular flexibility index (Phi) is 5.81. The van der Waals surface area contributed by atoms with E-state index in [1.165, 1.54) is 23.5 Å². The van der Waals surface area contributed by atoms with E-state index >= 15 is 0 Å². The number of carbonyl (C=O) groups is 1. The van der Waals surface area contributed by atoms with Crippen LogP contribution in [-0.2, 0) is 17.5 Å². The number of hydrogen-bond donors (Lipinski definition) is 1. The van der Waals surface area contributed by atoms with Crippen molar-refractivity contribution in [3.8, 4) is 16.3 Å². The molecule has 0 saturated heterocycles. The van der Waals surface area contributed by atoms with Gasteiger partial charge in [0, 0.05) is 10.3 Å². The third-order valence-electron chi connectivity index (χ3n) is 3.52. The molecule has 2 aromatic heterocycles. The lowest BCUT2D eigenvalue weighted by molar-refractivity contribution is -0.137. The van der Waals surface area contributed by atoms with Crippen LogP contribution in [0.5, 0.6) is 5.75 Å². The van der Waals surface area contributed by atoms with Crippen LogP contribution in [0.25, 0.3) is 10.6 Å². The summed E-state index contributed by atoms with van der Waals surface area (Å²) in [6, 6.07) is 8.29. The maximum atomic E-state index is 12.7. The van der Waals surface area contributed by atoms with Gasteiger partial charge in [0.05, 0.1) is 27.7 Å². The minimum absolute atomic E-state index is 0.00251. The lowest BCUT2D eigenvalue weighted by atomic mass is 10.2. The number of thiazole rings is 1. The molecule has 0 aliphatic heterocycles. The molecular formula is C18H15F3N2O2S2. The molecule has 0 aliphatic rings. The molecule has 0 saturated carbocycles. The predicted molar refractivity (Wildman–Crippen MR) is 98.9 cm³/mol. The van der Waals surface area contributed by atoms with Crippen LogP contribution in [0.1, 0.15) is 15.4 Å². The zero-order valence-corrected chi connectivity index (χ0v) is 15.8. The van der Waals surface area contributed by atoms with Gasteiger partial charge in [-0.15, -0.1) is 22.7 Å². The van der Waals surface area contributed by atoms with Gasteiger partial charge in [-0.25, -0.2) is 4.98 Å². The highest BCUT2D eigenvalue weighted by Gasteiger charge is 2.30. The first-order chi connectivity index (χ1) is 12.8. The van der Waals surface area contributed by atoms with E-state index in [0.717, 1.165) is 32.6 Å². The number of hydrogen-bond acceptors (Lipinski definition) is 5. The number of halogens is 3. The van der Waals surface area contributed by atoms with Gasteiger partial charge in [0.15, 0.2) is 6.61 Å². The third kappa shape index (κ3) is 5.30. The van der Waals surface area contributed by atoms with Gasteiger partial charge in [0.1, 0.15) is 5.75 Å². The van der Waals surface area contributed by atoms with Crippen LogP contribution in [0, 0.1) is 6.92 Å². The number of aromatic nitrogens is 1. The second-order valence-corrected chi connectivity index (χ2v) is 7.84. The van der Waals surface area contributed by atoms with Crippen molar-refractivity contribution in [2.45, 2.75) is 19.6 Å². The largest absolute Gasteiger partial charge is 0.484 e. The van der Waals surface area contributed by atoms with Crippen molar-refractivity contribution in [2.24, 2.45) is 0 Å². The number of amides is 1. The van der Waals surface area contributed by atoms with Gasteiger partial charge < -0.3 is 10.1 Å². The molecule has 0 fully saturated rings. The molecule has 0 unspecified atom stereocenters. The summed E-state index contributed by atoms with van der Waals surface area (Å²) in [7, 11) is 0. The van der Waals surface area contributed by atoms with E-state index in [1.807, 2.05) is 24.4 Å². The highest BCUT2D eigenvalue weighted by molar-refractivity contribution is 7.16. The number of thiophene rings is 1. The van der Waals surface area contributed by atoms with Crippen molar-refractivity contribution in [1.29, 1.82) is 0 Å². The van der Waals surface area contributed by atoms with Crippen molar-refractivity contribution in [3.05, 3.63) is 57.2 Å². The first-order valence-electron chi connectivity index (χ1n) is 7.89. The van der Waals surface area contributed by atoms with E-state index in [4.69, 9.17) is 4.74 Å². The topological polar surface area (TPSA) is 51.2 Å². The molecule has 27 heavy (non-hydrogen) atoms. The summed E-state index contributed by atoms with van der Waals surface area (Å²) < 4.78 is 43.1. The maximum Gasteiger partial charge on any atom is 0.416 e. The second kappa shape index (κ2) is 8.10. The maximum absolute atomic E-state index is 12.7. The minimum atomic E-state index is -4.45. The summed E-state index contributed by atoms with van der Waals surface area (Å²) in [4.78, 5) is 18.3. The number of rotatable bonds is 6. The smallest absolute Gasteiger partial charge is 0.416 e. The molecule has 0 radical (unpaired) electrons. The Morgan fingerprint density at radius 1 is 1.26 bits per heavy atom. The van der Waals surface area contributed by atoms with Gasteiger partial charge in [-0.3, -0.25) is 4.79 Å². The van der Waals surface area contributed by atoms with Gasteiger partial charge in [-0.1, -0.05) is 6.07 Å². The first-order valence-corrected chi connectivity index (χ1v) is 9.59. The van der Waals surface area contributed by atoms with Crippen LogP contribution in [0.15, 0.2) is 41.8 Å². The average molecular weight is 412 g/mol. The van der Waals surface area contributed by atoms with Crippen molar-refractivity contribution in [3.63, 3.8) is 0 Å². The summed E-state index contributed by atoms with van der Waals surface area (Å²) in [5.41, 5.74) is 0.0942. The Labute approximate surface area is 161 Å². The van der Waals surface area contributed by atoms with Crippen LogP contribution in [0.4, 0.5) is 13.2 Å². The zero-order valence-electron chi connectivity index (χ0n) is 14.2. The molecule has 3 rings (SSSR count). The van der Waals surface area contributed by atoms with Crippen LogP contribution < -0.4 is 10.1 Å². The Bertz CT molecular complexity index is 935. The fourth-order valence-electron chi connectivity index (χ4n) is 2.24. The summed E-state index contributed by atoms with van der Waals surface area (Å²) >= 11 is 3.10. The lowest BCUT2D eigenvalue weighted by Gasteiger charge is -2.10. The van der Waals surface area contributed by atoms with Crippen molar-refractivity contribution < 1.29 is 22.7 Å². The molecule has 3 aromatic rings. The van der Waals surface area contributed by atoms with Crippen LogP contribution >= 0.6 is 22.7 Å². The highest BCUT2D eigenvalue weighted by atomic mass is 32.1. The Hall–Kier alpha value is -2.39. The Morgan fingerprint density at radius 3 is 2.78 bits per heavy atom. The Morgan fingerprint density at radius 2 is 2.07 bits per heavy atom.